The van der Waals surface area contributed by atoms with Crippen LogP contribution < -0.4 is 10.6 Å². The van der Waals surface area contributed by atoms with Crippen molar-refractivity contribution in [1.29, 1.82) is 0 Å². The molecule has 0 aliphatic carbocycles. The fourth-order valence-corrected chi connectivity index (χ4v) is 2.70. The Balaban J connectivity index is 2.35. The van der Waals surface area contributed by atoms with Gasteiger partial charge in [-0.25, -0.2) is 4.39 Å². The van der Waals surface area contributed by atoms with Crippen molar-refractivity contribution in [2.24, 2.45) is 5.73 Å². The molecule has 2 rings (SSSR count). The summed E-state index contributed by atoms with van der Waals surface area (Å²) in [4.78, 5) is 4.59. The van der Waals surface area contributed by atoms with E-state index in [-0.39, 0.29) is 17.4 Å². The lowest BCUT2D eigenvalue weighted by Crippen LogP contribution is -2.58. The Bertz CT molecular complexity index is 457. The van der Waals surface area contributed by atoms with Gasteiger partial charge in [-0.3, -0.25) is 4.90 Å². The molecule has 1 aliphatic heterocycles. The number of nitrogens with two attached hydrogens (primary N) is 1. The summed E-state index contributed by atoms with van der Waals surface area (Å²) >= 11 is 0. The third-order valence-corrected chi connectivity index (χ3v) is 4.14. The minimum Gasteiger partial charge on any atom is -0.368 e. The Hall–Kier alpha value is -1.13. The van der Waals surface area contributed by atoms with Crippen molar-refractivity contribution >= 4 is 5.69 Å². The first kappa shape index (κ1) is 14.3. The van der Waals surface area contributed by atoms with Gasteiger partial charge >= 0.3 is 0 Å². The molecule has 1 fully saturated rings. The van der Waals surface area contributed by atoms with Crippen LogP contribution in [-0.4, -0.2) is 37.1 Å². The van der Waals surface area contributed by atoms with Gasteiger partial charge in [-0.15, -0.1) is 0 Å². The maximum Gasteiger partial charge on any atom is 0.130 e. The molecule has 1 saturated heterocycles. The van der Waals surface area contributed by atoms with E-state index in [1.807, 2.05) is 13.0 Å². The second-order valence-corrected chi connectivity index (χ2v) is 6.12. The Kier molecular flexibility index (Phi) is 3.83. The molecule has 0 spiro atoms. The van der Waals surface area contributed by atoms with Crippen molar-refractivity contribution in [3.8, 4) is 0 Å². The first-order valence-electron chi connectivity index (χ1n) is 6.83. The molecule has 19 heavy (non-hydrogen) atoms. The van der Waals surface area contributed by atoms with Gasteiger partial charge in [0.25, 0.3) is 0 Å². The van der Waals surface area contributed by atoms with E-state index in [2.05, 4.69) is 30.7 Å². The smallest absolute Gasteiger partial charge is 0.130 e. The van der Waals surface area contributed by atoms with Crippen molar-refractivity contribution in [1.82, 2.24) is 4.90 Å². The van der Waals surface area contributed by atoms with Crippen molar-refractivity contribution in [3.05, 3.63) is 29.6 Å². The standard InChI is InChI=1S/C15H24FN3/c1-11(17)14-12(16)6-5-7-13(14)19-9-8-18(4)15(2,3)10-19/h5-7,11H,8-10,17H2,1-4H3/t11-/m1/s1. The maximum absolute atomic E-state index is 14.0. The highest BCUT2D eigenvalue weighted by Crippen LogP contribution is 2.31. The summed E-state index contributed by atoms with van der Waals surface area (Å²) in [5, 5.41) is 0. The van der Waals surface area contributed by atoms with E-state index >= 15 is 0 Å². The quantitative estimate of drug-likeness (QED) is 0.891. The number of hydrogen-bond acceptors (Lipinski definition) is 3. The molecule has 1 aromatic rings. The summed E-state index contributed by atoms with van der Waals surface area (Å²) in [7, 11) is 2.13. The van der Waals surface area contributed by atoms with Crippen LogP contribution in [0.4, 0.5) is 10.1 Å². The van der Waals surface area contributed by atoms with Crippen LogP contribution in [0.15, 0.2) is 18.2 Å². The van der Waals surface area contributed by atoms with Gasteiger partial charge in [-0.05, 0) is 40.0 Å². The lowest BCUT2D eigenvalue weighted by molar-refractivity contribution is 0.138. The number of nitrogens with zero attached hydrogens (tertiary/aromatic N) is 2. The van der Waals surface area contributed by atoms with Gasteiger partial charge < -0.3 is 10.6 Å². The predicted octanol–water partition coefficient (Wildman–Crippen LogP) is 2.38. The summed E-state index contributed by atoms with van der Waals surface area (Å²) < 4.78 is 14.0. The summed E-state index contributed by atoms with van der Waals surface area (Å²) in [6.45, 7) is 9.02. The van der Waals surface area contributed by atoms with E-state index in [9.17, 15) is 4.39 Å². The highest BCUT2D eigenvalue weighted by atomic mass is 19.1. The fourth-order valence-electron chi connectivity index (χ4n) is 2.70. The minimum atomic E-state index is -0.293. The zero-order valence-corrected chi connectivity index (χ0v) is 12.3. The van der Waals surface area contributed by atoms with Gasteiger partial charge in [-0.2, -0.15) is 0 Å². The van der Waals surface area contributed by atoms with Crippen LogP contribution >= 0.6 is 0 Å². The van der Waals surface area contributed by atoms with Crippen LogP contribution in [0.3, 0.4) is 0 Å². The third-order valence-electron chi connectivity index (χ3n) is 4.14. The van der Waals surface area contributed by atoms with Crippen molar-refractivity contribution in [3.63, 3.8) is 0 Å². The summed E-state index contributed by atoms with van der Waals surface area (Å²) in [6, 6.07) is 4.94. The van der Waals surface area contributed by atoms with Crippen LogP contribution in [0.5, 0.6) is 0 Å². The Labute approximate surface area is 115 Å². The predicted molar refractivity (Wildman–Crippen MR) is 77.9 cm³/mol. The summed E-state index contributed by atoms with van der Waals surface area (Å²) in [6.07, 6.45) is 0. The number of benzene rings is 1. The largest absolute Gasteiger partial charge is 0.368 e. The fraction of sp³-hybridized carbons (Fsp3) is 0.600. The third kappa shape index (κ3) is 2.74. The Morgan fingerprint density at radius 2 is 2.00 bits per heavy atom. The van der Waals surface area contributed by atoms with E-state index in [1.165, 1.54) is 6.07 Å². The van der Waals surface area contributed by atoms with Crippen LogP contribution in [-0.2, 0) is 0 Å². The van der Waals surface area contributed by atoms with E-state index in [1.54, 1.807) is 6.07 Å². The molecule has 1 aliphatic rings. The number of anilines is 1. The average molecular weight is 265 g/mol. The van der Waals surface area contributed by atoms with E-state index in [0.29, 0.717) is 5.56 Å². The van der Waals surface area contributed by atoms with Crippen molar-refractivity contribution in [2.45, 2.75) is 32.4 Å². The molecule has 1 aromatic carbocycles. The van der Waals surface area contributed by atoms with E-state index < -0.39 is 0 Å². The Morgan fingerprint density at radius 1 is 1.32 bits per heavy atom. The number of likely N-dealkylation sites (N-methyl/N-ethyl adjacent to an activating group) is 1. The SMILES string of the molecule is C[C@@H](N)c1c(F)cccc1N1CCN(C)C(C)(C)C1. The molecule has 106 valence electrons. The molecule has 1 atom stereocenters. The summed E-state index contributed by atoms with van der Waals surface area (Å²) in [5.74, 6) is -0.204. The second-order valence-electron chi connectivity index (χ2n) is 6.12. The van der Waals surface area contributed by atoms with Crippen LogP contribution in [0.2, 0.25) is 0 Å². The first-order valence-corrected chi connectivity index (χ1v) is 6.83. The van der Waals surface area contributed by atoms with E-state index in [0.717, 1.165) is 25.3 Å². The molecular weight excluding hydrogens is 241 g/mol. The minimum absolute atomic E-state index is 0.0830. The van der Waals surface area contributed by atoms with Gasteiger partial charge in [0.15, 0.2) is 0 Å². The number of rotatable bonds is 2. The zero-order valence-electron chi connectivity index (χ0n) is 12.3. The molecule has 1 heterocycles. The lowest BCUT2D eigenvalue weighted by Gasteiger charge is -2.46. The first-order chi connectivity index (χ1) is 8.83. The normalized spacial score (nSPS) is 21.5. The van der Waals surface area contributed by atoms with E-state index in [4.69, 9.17) is 5.73 Å². The van der Waals surface area contributed by atoms with Crippen LogP contribution in [0.1, 0.15) is 32.4 Å². The van der Waals surface area contributed by atoms with Crippen molar-refractivity contribution < 1.29 is 4.39 Å². The number of halogens is 1. The topological polar surface area (TPSA) is 32.5 Å². The van der Waals surface area contributed by atoms with Crippen LogP contribution in [0, 0.1) is 5.82 Å². The second kappa shape index (κ2) is 5.10. The Morgan fingerprint density at radius 3 is 2.58 bits per heavy atom. The molecule has 0 aromatic heterocycles. The summed E-state index contributed by atoms with van der Waals surface area (Å²) in [5.41, 5.74) is 7.59. The highest BCUT2D eigenvalue weighted by Gasteiger charge is 2.32. The molecule has 2 N–H and O–H groups in total. The molecule has 0 unspecified atom stereocenters. The zero-order chi connectivity index (χ0) is 14.2. The molecule has 4 heteroatoms. The molecular formula is C15H24FN3. The highest BCUT2D eigenvalue weighted by molar-refractivity contribution is 5.56. The van der Waals surface area contributed by atoms with Crippen LogP contribution in [0.25, 0.3) is 0 Å². The monoisotopic (exact) mass is 265 g/mol. The molecule has 3 nitrogen and oxygen atoms in total. The average Bonchev–Trinajstić information content (AvgIpc) is 2.31. The van der Waals surface area contributed by atoms with Gasteiger partial charge in [0.05, 0.1) is 0 Å². The lowest BCUT2D eigenvalue weighted by atomic mass is 9.97. The molecule has 0 amide bonds. The molecule has 0 bridgehead atoms. The number of piperazine rings is 1. The van der Waals surface area contributed by atoms with Gasteiger partial charge in [0.2, 0.25) is 0 Å². The van der Waals surface area contributed by atoms with Crippen molar-refractivity contribution in [2.75, 3.05) is 31.6 Å². The molecule has 0 radical (unpaired) electrons. The van der Waals surface area contributed by atoms with Gasteiger partial charge in [0.1, 0.15) is 5.82 Å². The maximum atomic E-state index is 14.0. The number of hydrogen-bond donors (Lipinski definition) is 1. The molecule has 0 saturated carbocycles. The van der Waals surface area contributed by atoms with Gasteiger partial charge in [-0.1, -0.05) is 6.07 Å². The van der Waals surface area contributed by atoms with Gasteiger partial charge in [0, 0.05) is 42.5 Å².